The highest BCUT2D eigenvalue weighted by atomic mass is 16.2. The van der Waals surface area contributed by atoms with Gasteiger partial charge in [0.05, 0.1) is 18.4 Å². The minimum atomic E-state index is -0.204. The third-order valence-electron chi connectivity index (χ3n) is 2.79. The fourth-order valence-corrected chi connectivity index (χ4v) is 1.78. The van der Waals surface area contributed by atoms with Crippen LogP contribution in [-0.4, -0.2) is 44.7 Å². The van der Waals surface area contributed by atoms with Crippen LogP contribution in [0.25, 0.3) is 0 Å². The fraction of sp³-hybridized carbons (Fsp3) is 0.267. The van der Waals surface area contributed by atoms with Crippen molar-refractivity contribution in [3.8, 4) is 11.8 Å². The molecule has 21 heavy (non-hydrogen) atoms. The molecule has 2 aromatic rings. The van der Waals surface area contributed by atoms with Gasteiger partial charge in [0.25, 0.3) is 5.91 Å². The molecular weight excluding hydrogens is 268 g/mol. The van der Waals surface area contributed by atoms with E-state index < -0.39 is 0 Å². The van der Waals surface area contributed by atoms with Crippen molar-refractivity contribution in [2.45, 2.75) is 13.0 Å². The van der Waals surface area contributed by atoms with Gasteiger partial charge in [0.2, 0.25) is 0 Å². The number of H-pyrrole nitrogens is 1. The molecule has 108 valence electrons. The molecular formula is C15H16N4O2. The lowest BCUT2D eigenvalue weighted by molar-refractivity contribution is 0.0779. The molecule has 2 rings (SSSR count). The molecule has 0 saturated heterocycles. The van der Waals surface area contributed by atoms with E-state index in [0.29, 0.717) is 24.2 Å². The first-order chi connectivity index (χ1) is 10.2. The largest absolute Gasteiger partial charge is 0.395 e. The smallest absolute Gasteiger partial charge is 0.273 e. The van der Waals surface area contributed by atoms with Gasteiger partial charge in [-0.2, -0.15) is 5.10 Å². The van der Waals surface area contributed by atoms with Crippen LogP contribution in [-0.2, 0) is 6.54 Å². The van der Waals surface area contributed by atoms with Crippen molar-refractivity contribution in [1.82, 2.24) is 20.1 Å². The number of carbonyl (C=O) groups is 1. The summed E-state index contributed by atoms with van der Waals surface area (Å²) < 4.78 is 0. The van der Waals surface area contributed by atoms with E-state index in [1.807, 2.05) is 0 Å². The number of nitrogens with zero attached hydrogens (tertiary/aromatic N) is 3. The molecule has 0 unspecified atom stereocenters. The number of hydrogen-bond donors (Lipinski definition) is 2. The first kappa shape index (κ1) is 14.8. The lowest BCUT2D eigenvalue weighted by Crippen LogP contribution is -2.27. The van der Waals surface area contributed by atoms with Crippen molar-refractivity contribution in [3.63, 3.8) is 0 Å². The van der Waals surface area contributed by atoms with Crippen LogP contribution in [0, 0.1) is 11.8 Å². The Kier molecular flexibility index (Phi) is 5.07. The number of carbonyl (C=O) groups excluding carboxylic acids is 1. The van der Waals surface area contributed by atoms with Crippen molar-refractivity contribution < 1.29 is 9.90 Å². The predicted octanol–water partition coefficient (Wildman–Crippen LogP) is 0.811. The van der Waals surface area contributed by atoms with E-state index in [4.69, 9.17) is 5.11 Å². The van der Waals surface area contributed by atoms with Gasteiger partial charge < -0.3 is 10.0 Å². The van der Waals surface area contributed by atoms with E-state index >= 15 is 0 Å². The van der Waals surface area contributed by atoms with Crippen LogP contribution in [0.15, 0.2) is 30.7 Å². The maximum Gasteiger partial charge on any atom is 0.273 e. The van der Waals surface area contributed by atoms with E-state index in [0.717, 1.165) is 5.56 Å². The molecule has 2 aromatic heterocycles. The number of nitrogens with one attached hydrogen (secondary N) is 1. The van der Waals surface area contributed by atoms with Crippen molar-refractivity contribution in [3.05, 3.63) is 47.5 Å². The van der Waals surface area contributed by atoms with E-state index in [1.54, 1.807) is 42.7 Å². The summed E-state index contributed by atoms with van der Waals surface area (Å²) in [6, 6.07) is 3.48. The van der Waals surface area contributed by atoms with E-state index in [-0.39, 0.29) is 12.5 Å². The predicted molar refractivity (Wildman–Crippen MR) is 77.2 cm³/mol. The quantitative estimate of drug-likeness (QED) is 0.814. The zero-order valence-corrected chi connectivity index (χ0v) is 11.7. The Labute approximate surface area is 122 Å². The molecule has 0 spiro atoms. The summed E-state index contributed by atoms with van der Waals surface area (Å²) in [5.41, 5.74) is 1.79. The lowest BCUT2D eigenvalue weighted by atomic mass is 10.1. The van der Waals surface area contributed by atoms with Crippen LogP contribution < -0.4 is 0 Å². The van der Waals surface area contributed by atoms with Crippen LogP contribution in [0.4, 0.5) is 0 Å². The van der Waals surface area contributed by atoms with Gasteiger partial charge in [0, 0.05) is 38.0 Å². The summed E-state index contributed by atoms with van der Waals surface area (Å²) in [5, 5.41) is 15.3. The lowest BCUT2D eigenvalue weighted by Gasteiger charge is -2.16. The number of amides is 1. The summed E-state index contributed by atoms with van der Waals surface area (Å²) in [7, 11) is 1.70. The molecule has 6 nitrogen and oxygen atoms in total. The van der Waals surface area contributed by atoms with Gasteiger partial charge in [-0.25, -0.2) is 4.98 Å². The van der Waals surface area contributed by atoms with Crippen LogP contribution in [0.1, 0.15) is 28.0 Å². The second-order valence-corrected chi connectivity index (χ2v) is 4.44. The molecule has 6 heteroatoms. The maximum absolute atomic E-state index is 12.4. The number of hydrogen-bond acceptors (Lipinski definition) is 4. The Bertz CT molecular complexity index is 656. The molecule has 0 saturated carbocycles. The summed E-state index contributed by atoms with van der Waals surface area (Å²) in [6.07, 6.45) is 5.35. The Morgan fingerprint density at radius 1 is 1.52 bits per heavy atom. The number of rotatable bonds is 4. The Morgan fingerprint density at radius 3 is 3.10 bits per heavy atom. The number of aliphatic hydroxyl groups is 1. The molecule has 1 amide bonds. The zero-order valence-electron chi connectivity index (χ0n) is 11.7. The normalized spacial score (nSPS) is 9.81. The van der Waals surface area contributed by atoms with Gasteiger partial charge in [-0.3, -0.25) is 9.89 Å². The molecule has 0 fully saturated rings. The second kappa shape index (κ2) is 7.22. The molecule has 0 aromatic carbocycles. The van der Waals surface area contributed by atoms with Gasteiger partial charge in [-0.15, -0.1) is 0 Å². The third-order valence-corrected chi connectivity index (χ3v) is 2.79. The highest BCUT2D eigenvalue weighted by Gasteiger charge is 2.16. The second-order valence-electron chi connectivity index (χ2n) is 4.44. The number of aromatic amines is 1. The van der Waals surface area contributed by atoms with Gasteiger partial charge >= 0.3 is 0 Å². The van der Waals surface area contributed by atoms with E-state index in [9.17, 15) is 4.79 Å². The van der Waals surface area contributed by atoms with Crippen LogP contribution in [0.2, 0.25) is 0 Å². The first-order valence-corrected chi connectivity index (χ1v) is 6.50. The zero-order chi connectivity index (χ0) is 15.1. The Balaban J connectivity index is 2.17. The highest BCUT2D eigenvalue weighted by Crippen LogP contribution is 2.09. The van der Waals surface area contributed by atoms with Crippen molar-refractivity contribution in [2.75, 3.05) is 13.7 Å². The van der Waals surface area contributed by atoms with E-state index in [1.165, 1.54) is 0 Å². The average molecular weight is 284 g/mol. The number of aromatic nitrogens is 3. The SMILES string of the molecule is CN(Cc1cn[nH]c1)C(=O)c1ncccc1C#CCCO. The molecule has 0 bridgehead atoms. The molecule has 0 atom stereocenters. The molecule has 0 aliphatic carbocycles. The van der Waals surface area contributed by atoms with Crippen molar-refractivity contribution >= 4 is 5.91 Å². The minimum Gasteiger partial charge on any atom is -0.395 e. The van der Waals surface area contributed by atoms with E-state index in [2.05, 4.69) is 27.0 Å². The van der Waals surface area contributed by atoms with Gasteiger partial charge in [0.15, 0.2) is 0 Å². The highest BCUT2D eigenvalue weighted by molar-refractivity contribution is 5.94. The summed E-state index contributed by atoms with van der Waals surface area (Å²) in [4.78, 5) is 18.1. The monoisotopic (exact) mass is 284 g/mol. The molecule has 2 N–H and O–H groups in total. The first-order valence-electron chi connectivity index (χ1n) is 6.50. The Hall–Kier alpha value is -2.65. The Morgan fingerprint density at radius 2 is 2.38 bits per heavy atom. The van der Waals surface area contributed by atoms with Crippen molar-refractivity contribution in [2.24, 2.45) is 0 Å². The van der Waals surface area contributed by atoms with Gasteiger partial charge in [-0.1, -0.05) is 11.8 Å². The number of pyridine rings is 1. The molecule has 2 heterocycles. The van der Waals surface area contributed by atoms with Gasteiger partial charge in [-0.05, 0) is 12.1 Å². The summed E-state index contributed by atoms with van der Waals surface area (Å²) in [6.45, 7) is 0.437. The minimum absolute atomic E-state index is 0.00304. The topological polar surface area (TPSA) is 82.1 Å². The molecule has 0 radical (unpaired) electrons. The van der Waals surface area contributed by atoms with Crippen LogP contribution in [0.3, 0.4) is 0 Å². The van der Waals surface area contributed by atoms with Crippen LogP contribution in [0.5, 0.6) is 0 Å². The molecule has 0 aliphatic heterocycles. The average Bonchev–Trinajstić information content (AvgIpc) is 3.00. The maximum atomic E-state index is 12.4. The standard InChI is InChI=1S/C15H16N4O2/c1-19(11-12-9-17-18-10-12)15(21)14-13(5-2-3-8-20)6-4-7-16-14/h4,6-7,9-10,20H,3,8,11H2,1H3,(H,17,18). The molecule has 0 aliphatic rings. The van der Waals surface area contributed by atoms with Gasteiger partial charge in [0.1, 0.15) is 5.69 Å². The summed E-state index contributed by atoms with van der Waals surface area (Å²) >= 11 is 0. The third kappa shape index (κ3) is 3.91. The van der Waals surface area contributed by atoms with Crippen LogP contribution >= 0.6 is 0 Å². The fourth-order valence-electron chi connectivity index (χ4n) is 1.78. The van der Waals surface area contributed by atoms with Crippen molar-refractivity contribution in [1.29, 1.82) is 0 Å². The summed E-state index contributed by atoms with van der Waals surface area (Å²) in [5.74, 6) is 5.47. The number of aliphatic hydroxyl groups excluding tert-OH is 1.